The molecule has 104 valence electrons. The summed E-state index contributed by atoms with van der Waals surface area (Å²) in [6.07, 6.45) is 3.29. The van der Waals surface area contributed by atoms with E-state index in [-0.39, 0.29) is 12.1 Å². The molecule has 1 aliphatic carbocycles. The zero-order valence-electron chi connectivity index (χ0n) is 10.7. The zero-order chi connectivity index (χ0) is 14.0. The molecule has 1 saturated carbocycles. The number of nitro groups is 1. The fourth-order valence-corrected chi connectivity index (χ4v) is 2.28. The van der Waals surface area contributed by atoms with E-state index in [1.54, 1.807) is 0 Å². The van der Waals surface area contributed by atoms with Gasteiger partial charge in [-0.05, 0) is 18.8 Å². The van der Waals surface area contributed by atoms with Gasteiger partial charge in [0.15, 0.2) is 0 Å². The van der Waals surface area contributed by atoms with Crippen LogP contribution in [0.4, 0.5) is 14.5 Å². The van der Waals surface area contributed by atoms with E-state index in [4.69, 9.17) is 0 Å². The van der Waals surface area contributed by atoms with Crippen molar-refractivity contribution in [2.75, 3.05) is 0 Å². The van der Waals surface area contributed by atoms with Crippen LogP contribution in [-0.4, -0.2) is 11.0 Å². The summed E-state index contributed by atoms with van der Waals surface area (Å²) in [6, 6.07) is 1.89. The molecule has 1 fully saturated rings. The summed E-state index contributed by atoms with van der Waals surface area (Å²) in [5.74, 6) is -1.27. The van der Waals surface area contributed by atoms with Crippen LogP contribution in [0.25, 0.3) is 0 Å². The summed E-state index contributed by atoms with van der Waals surface area (Å²) < 4.78 is 26.7. The van der Waals surface area contributed by atoms with E-state index in [0.29, 0.717) is 18.0 Å². The molecule has 6 heteroatoms. The average Bonchev–Trinajstić information content (AvgIpc) is 3.06. The fraction of sp³-hybridized carbons (Fsp3) is 0.538. The van der Waals surface area contributed by atoms with Gasteiger partial charge in [0.1, 0.15) is 5.82 Å². The SMILES string of the molecule is CCCC1CC1NCc1cc([N+](=O)[O-])c(F)cc1F. The van der Waals surface area contributed by atoms with Gasteiger partial charge in [-0.15, -0.1) is 0 Å². The zero-order valence-corrected chi connectivity index (χ0v) is 10.7. The molecule has 4 nitrogen and oxygen atoms in total. The van der Waals surface area contributed by atoms with Gasteiger partial charge in [0, 0.05) is 30.3 Å². The monoisotopic (exact) mass is 270 g/mol. The quantitative estimate of drug-likeness (QED) is 0.638. The Bertz CT molecular complexity index is 494. The van der Waals surface area contributed by atoms with Gasteiger partial charge < -0.3 is 5.32 Å². The molecule has 0 aromatic heterocycles. The van der Waals surface area contributed by atoms with Gasteiger partial charge in [0.05, 0.1) is 4.92 Å². The third-order valence-electron chi connectivity index (χ3n) is 3.45. The predicted molar refractivity (Wildman–Crippen MR) is 66.7 cm³/mol. The van der Waals surface area contributed by atoms with Crippen LogP contribution in [-0.2, 0) is 6.54 Å². The topological polar surface area (TPSA) is 55.2 Å². The van der Waals surface area contributed by atoms with Gasteiger partial charge in [-0.1, -0.05) is 13.3 Å². The maximum atomic E-state index is 13.5. The van der Waals surface area contributed by atoms with E-state index in [2.05, 4.69) is 12.2 Å². The Kier molecular flexibility index (Phi) is 4.09. The molecule has 1 aromatic rings. The summed E-state index contributed by atoms with van der Waals surface area (Å²) in [6.45, 7) is 2.30. The van der Waals surface area contributed by atoms with Crippen LogP contribution in [0.1, 0.15) is 31.7 Å². The van der Waals surface area contributed by atoms with E-state index in [1.165, 1.54) is 0 Å². The third-order valence-corrected chi connectivity index (χ3v) is 3.45. The molecule has 0 aliphatic heterocycles. The number of nitrogens with zero attached hydrogens (tertiary/aromatic N) is 1. The number of nitrogens with one attached hydrogen (secondary N) is 1. The Morgan fingerprint density at radius 1 is 1.42 bits per heavy atom. The predicted octanol–water partition coefficient (Wildman–Crippen LogP) is 3.15. The maximum Gasteiger partial charge on any atom is 0.305 e. The van der Waals surface area contributed by atoms with Crippen LogP contribution in [0, 0.1) is 27.7 Å². The Hall–Kier alpha value is -1.56. The van der Waals surface area contributed by atoms with Crippen LogP contribution in [0.5, 0.6) is 0 Å². The minimum atomic E-state index is -1.14. The van der Waals surface area contributed by atoms with E-state index in [0.717, 1.165) is 25.3 Å². The lowest BCUT2D eigenvalue weighted by Crippen LogP contribution is -2.18. The lowest BCUT2D eigenvalue weighted by Gasteiger charge is -2.06. The van der Waals surface area contributed by atoms with Gasteiger partial charge in [0.2, 0.25) is 5.82 Å². The van der Waals surface area contributed by atoms with Crippen LogP contribution in [0.2, 0.25) is 0 Å². The number of benzene rings is 1. The number of hydrogen-bond donors (Lipinski definition) is 1. The molecule has 19 heavy (non-hydrogen) atoms. The molecule has 0 bridgehead atoms. The third kappa shape index (κ3) is 3.26. The fourth-order valence-electron chi connectivity index (χ4n) is 2.28. The first kappa shape index (κ1) is 13.9. The second-order valence-corrected chi connectivity index (χ2v) is 4.92. The highest BCUT2D eigenvalue weighted by molar-refractivity contribution is 5.37. The molecule has 0 amide bonds. The Labute approximate surface area is 110 Å². The second-order valence-electron chi connectivity index (χ2n) is 4.92. The highest BCUT2D eigenvalue weighted by Crippen LogP contribution is 2.35. The van der Waals surface area contributed by atoms with Crippen molar-refractivity contribution >= 4 is 5.69 Å². The normalized spacial score (nSPS) is 21.4. The second kappa shape index (κ2) is 5.61. The van der Waals surface area contributed by atoms with Gasteiger partial charge in [0.25, 0.3) is 0 Å². The van der Waals surface area contributed by atoms with Gasteiger partial charge in [-0.25, -0.2) is 4.39 Å². The summed E-state index contributed by atoms with van der Waals surface area (Å²) >= 11 is 0. The Balaban J connectivity index is 2.00. The van der Waals surface area contributed by atoms with E-state index in [1.807, 2.05) is 0 Å². The van der Waals surface area contributed by atoms with Crippen LogP contribution < -0.4 is 5.32 Å². The van der Waals surface area contributed by atoms with Crippen LogP contribution in [0.15, 0.2) is 12.1 Å². The van der Waals surface area contributed by atoms with Gasteiger partial charge >= 0.3 is 5.69 Å². The van der Waals surface area contributed by atoms with Crippen molar-refractivity contribution in [2.45, 2.75) is 38.8 Å². The molecule has 2 atom stereocenters. The Morgan fingerprint density at radius 3 is 2.79 bits per heavy atom. The number of hydrogen-bond acceptors (Lipinski definition) is 3. The average molecular weight is 270 g/mol. The van der Waals surface area contributed by atoms with Crippen LogP contribution >= 0.6 is 0 Å². The van der Waals surface area contributed by atoms with Crippen molar-refractivity contribution in [1.82, 2.24) is 5.32 Å². The minimum absolute atomic E-state index is 0.134. The molecule has 0 heterocycles. The van der Waals surface area contributed by atoms with Crippen molar-refractivity contribution in [3.05, 3.63) is 39.4 Å². The highest BCUT2D eigenvalue weighted by Gasteiger charge is 2.35. The summed E-state index contributed by atoms with van der Waals surface area (Å²) in [4.78, 5) is 9.76. The number of nitro benzene ring substituents is 1. The van der Waals surface area contributed by atoms with Crippen molar-refractivity contribution in [3.8, 4) is 0 Å². The first-order valence-corrected chi connectivity index (χ1v) is 6.38. The smallest absolute Gasteiger partial charge is 0.305 e. The molecule has 1 aliphatic rings. The molecule has 0 spiro atoms. The molecule has 0 saturated heterocycles. The largest absolute Gasteiger partial charge is 0.310 e. The lowest BCUT2D eigenvalue weighted by molar-refractivity contribution is -0.387. The molecule has 1 aromatic carbocycles. The minimum Gasteiger partial charge on any atom is -0.310 e. The highest BCUT2D eigenvalue weighted by atomic mass is 19.1. The molecular formula is C13H16F2N2O2. The molecule has 1 N–H and O–H groups in total. The van der Waals surface area contributed by atoms with Crippen molar-refractivity contribution < 1.29 is 13.7 Å². The molecule has 0 radical (unpaired) electrons. The van der Waals surface area contributed by atoms with Gasteiger partial charge in [-0.2, -0.15) is 4.39 Å². The van der Waals surface area contributed by atoms with Gasteiger partial charge in [-0.3, -0.25) is 10.1 Å². The van der Waals surface area contributed by atoms with E-state index in [9.17, 15) is 18.9 Å². The molecule has 2 unspecified atom stereocenters. The van der Waals surface area contributed by atoms with Crippen molar-refractivity contribution in [3.63, 3.8) is 0 Å². The van der Waals surface area contributed by atoms with E-state index < -0.39 is 22.2 Å². The summed E-state index contributed by atoms with van der Waals surface area (Å²) in [5, 5.41) is 13.7. The Morgan fingerprint density at radius 2 is 2.16 bits per heavy atom. The first-order valence-electron chi connectivity index (χ1n) is 6.38. The maximum absolute atomic E-state index is 13.5. The van der Waals surface area contributed by atoms with Crippen LogP contribution in [0.3, 0.4) is 0 Å². The standard InChI is InChI=1S/C13H16F2N2O2/c1-2-3-8-4-12(8)16-7-9-5-13(17(18)19)11(15)6-10(9)14/h5-6,8,12,16H,2-4,7H2,1H3. The number of halogens is 2. The van der Waals surface area contributed by atoms with Crippen molar-refractivity contribution in [1.29, 1.82) is 0 Å². The van der Waals surface area contributed by atoms with Crippen molar-refractivity contribution in [2.24, 2.45) is 5.92 Å². The molecule has 2 rings (SSSR count). The molecular weight excluding hydrogens is 254 g/mol. The lowest BCUT2D eigenvalue weighted by atomic mass is 10.1. The summed E-state index contributed by atoms with van der Waals surface area (Å²) in [7, 11) is 0. The van der Waals surface area contributed by atoms with E-state index >= 15 is 0 Å². The summed E-state index contributed by atoms with van der Waals surface area (Å²) in [5.41, 5.74) is -0.547. The first-order chi connectivity index (χ1) is 9.02. The number of rotatable bonds is 6.